The summed E-state index contributed by atoms with van der Waals surface area (Å²) in [5.41, 5.74) is 4.96. The van der Waals surface area contributed by atoms with E-state index in [1.807, 2.05) is 6.92 Å². The third kappa shape index (κ3) is 3.60. The van der Waals surface area contributed by atoms with Crippen molar-refractivity contribution in [2.45, 2.75) is 45.7 Å². The second kappa shape index (κ2) is 4.53. The van der Waals surface area contributed by atoms with E-state index in [-0.39, 0.29) is 10.8 Å². The lowest BCUT2D eigenvalue weighted by Gasteiger charge is -2.48. The maximum Gasteiger partial charge on any atom is 0.236 e. The smallest absolute Gasteiger partial charge is 0.236 e. The summed E-state index contributed by atoms with van der Waals surface area (Å²) in [7, 11) is 0. The monoisotopic (exact) mass is 237 g/mol. The lowest BCUT2D eigenvalue weighted by Crippen LogP contribution is -2.52. The number of aliphatic imine (C=N–C) groups is 2. The molecule has 94 valence electrons. The zero-order chi connectivity index (χ0) is 13.2. The van der Waals surface area contributed by atoms with Crippen molar-refractivity contribution in [2.75, 3.05) is 6.54 Å². The molecule has 2 N–H and O–H groups in total. The maximum atomic E-state index is 10.5. The average Bonchev–Trinajstić information content (AvgIpc) is 2.10. The van der Waals surface area contributed by atoms with Gasteiger partial charge in [0.2, 0.25) is 12.2 Å². The van der Waals surface area contributed by atoms with Crippen LogP contribution in [0.15, 0.2) is 9.98 Å². The topological polar surface area (TPSA) is 84.9 Å². The van der Waals surface area contributed by atoms with Crippen molar-refractivity contribution in [1.29, 1.82) is 0 Å². The van der Waals surface area contributed by atoms with Crippen LogP contribution in [0.3, 0.4) is 0 Å². The third-order valence-corrected chi connectivity index (χ3v) is 3.22. The number of isocyanates is 2. The van der Waals surface area contributed by atoms with Gasteiger partial charge in [-0.2, -0.15) is 4.99 Å². The number of rotatable bonds is 3. The Morgan fingerprint density at radius 2 is 1.76 bits per heavy atom. The van der Waals surface area contributed by atoms with E-state index < -0.39 is 5.66 Å². The van der Waals surface area contributed by atoms with Gasteiger partial charge in [0.15, 0.2) is 0 Å². The summed E-state index contributed by atoms with van der Waals surface area (Å²) in [5, 5.41) is 0. The molecule has 0 aromatic heterocycles. The van der Waals surface area contributed by atoms with E-state index in [1.54, 1.807) is 12.2 Å². The van der Waals surface area contributed by atoms with E-state index in [4.69, 9.17) is 5.73 Å². The molecular formula is C12H19N3O2. The summed E-state index contributed by atoms with van der Waals surface area (Å²) in [5.74, 6) is 0. The van der Waals surface area contributed by atoms with Gasteiger partial charge >= 0.3 is 0 Å². The van der Waals surface area contributed by atoms with Crippen molar-refractivity contribution >= 4 is 12.2 Å². The molecule has 1 rings (SSSR count). The first kappa shape index (κ1) is 13.8. The minimum atomic E-state index is -0.892. The molecule has 1 aliphatic carbocycles. The minimum Gasteiger partial charge on any atom is -0.306 e. The van der Waals surface area contributed by atoms with Crippen molar-refractivity contribution in [2.24, 2.45) is 26.5 Å². The molecule has 0 aromatic carbocycles. The zero-order valence-electron chi connectivity index (χ0n) is 10.6. The van der Waals surface area contributed by atoms with Crippen LogP contribution >= 0.6 is 0 Å². The highest BCUT2D eigenvalue weighted by Gasteiger charge is 2.47. The Bertz CT molecular complexity index is 395. The minimum absolute atomic E-state index is 0.0412. The Labute approximate surface area is 101 Å². The number of nitrogens with zero attached hydrogens (tertiary/aromatic N) is 2. The van der Waals surface area contributed by atoms with Crippen LogP contribution in [-0.4, -0.2) is 24.4 Å². The molecule has 0 heterocycles. The van der Waals surface area contributed by atoms with E-state index in [0.29, 0.717) is 19.4 Å². The number of carbonyl (C=O) groups excluding carboxylic acids is 2. The summed E-state index contributed by atoms with van der Waals surface area (Å²) in [6.45, 7) is 6.54. The summed E-state index contributed by atoms with van der Waals surface area (Å²) in [4.78, 5) is 28.1. The average molecular weight is 237 g/mol. The van der Waals surface area contributed by atoms with Gasteiger partial charge in [0.25, 0.3) is 0 Å². The maximum absolute atomic E-state index is 10.5. The molecule has 0 spiro atoms. The van der Waals surface area contributed by atoms with Gasteiger partial charge < -0.3 is 5.73 Å². The predicted molar refractivity (Wildman–Crippen MR) is 63.8 cm³/mol. The second-order valence-electron chi connectivity index (χ2n) is 6.22. The molecule has 1 fully saturated rings. The first-order valence-corrected chi connectivity index (χ1v) is 5.66. The van der Waals surface area contributed by atoms with Crippen molar-refractivity contribution in [1.82, 2.24) is 0 Å². The molecule has 1 saturated carbocycles. The van der Waals surface area contributed by atoms with Gasteiger partial charge in [-0.05, 0) is 30.1 Å². The molecule has 5 nitrogen and oxygen atoms in total. The number of hydrogen-bond donors (Lipinski definition) is 1. The van der Waals surface area contributed by atoms with Crippen LogP contribution in [0, 0.1) is 10.8 Å². The Kier molecular flexibility index (Phi) is 3.68. The van der Waals surface area contributed by atoms with Crippen LogP contribution in [0.4, 0.5) is 0 Å². The van der Waals surface area contributed by atoms with Crippen molar-refractivity contribution in [3.8, 4) is 0 Å². The quantitative estimate of drug-likeness (QED) is 0.596. The van der Waals surface area contributed by atoms with Crippen LogP contribution in [-0.2, 0) is 9.59 Å². The van der Waals surface area contributed by atoms with Gasteiger partial charge in [0, 0.05) is 0 Å². The Balaban J connectivity index is 3.02. The van der Waals surface area contributed by atoms with Crippen LogP contribution in [0.2, 0.25) is 0 Å². The van der Waals surface area contributed by atoms with E-state index in [2.05, 4.69) is 23.8 Å². The van der Waals surface area contributed by atoms with Gasteiger partial charge in [0.1, 0.15) is 5.66 Å². The van der Waals surface area contributed by atoms with Gasteiger partial charge in [-0.15, -0.1) is 0 Å². The normalized spacial score (nSPS) is 35.5. The Morgan fingerprint density at radius 3 is 2.29 bits per heavy atom. The fraction of sp³-hybridized carbons (Fsp3) is 0.833. The second-order valence-corrected chi connectivity index (χ2v) is 6.22. The van der Waals surface area contributed by atoms with Crippen molar-refractivity contribution < 1.29 is 9.59 Å². The highest BCUT2D eigenvalue weighted by molar-refractivity contribution is 5.35. The van der Waals surface area contributed by atoms with Crippen LogP contribution < -0.4 is 5.73 Å². The SMILES string of the molecule is CC1(C)CC(C)(CN=C=O)CC(N)(N=C=O)C1. The predicted octanol–water partition coefficient (Wildman–Crippen LogP) is 1.53. The largest absolute Gasteiger partial charge is 0.306 e. The molecule has 2 unspecified atom stereocenters. The number of nitrogens with two attached hydrogens (primary N) is 1. The van der Waals surface area contributed by atoms with Crippen LogP contribution in [0.5, 0.6) is 0 Å². The first-order chi connectivity index (χ1) is 7.74. The lowest BCUT2D eigenvalue weighted by atomic mass is 9.60. The third-order valence-electron chi connectivity index (χ3n) is 3.22. The zero-order valence-corrected chi connectivity index (χ0v) is 10.6. The van der Waals surface area contributed by atoms with E-state index >= 15 is 0 Å². The fourth-order valence-corrected chi connectivity index (χ4v) is 3.42. The van der Waals surface area contributed by atoms with Crippen LogP contribution in [0.25, 0.3) is 0 Å². The number of hydrogen-bond acceptors (Lipinski definition) is 5. The Hall–Kier alpha value is -1.28. The summed E-state index contributed by atoms with van der Waals surface area (Å²) in [6, 6.07) is 0. The van der Waals surface area contributed by atoms with Gasteiger partial charge in [-0.25, -0.2) is 14.6 Å². The molecule has 0 bridgehead atoms. The molecule has 0 amide bonds. The molecule has 0 radical (unpaired) electrons. The molecule has 2 atom stereocenters. The summed E-state index contributed by atoms with van der Waals surface area (Å²) >= 11 is 0. The standard InChI is InChI=1S/C12H19N3O2/c1-10(2)4-11(3,7-14-8-16)6-12(13,5-10)15-9-17/h4-7,13H2,1-3H3. The summed E-state index contributed by atoms with van der Waals surface area (Å²) in [6.07, 6.45) is 5.16. The van der Waals surface area contributed by atoms with Crippen molar-refractivity contribution in [3.63, 3.8) is 0 Å². The molecule has 0 aliphatic heterocycles. The molecule has 1 aliphatic rings. The molecule has 0 aromatic rings. The van der Waals surface area contributed by atoms with Gasteiger partial charge in [-0.3, -0.25) is 0 Å². The Morgan fingerprint density at radius 1 is 1.12 bits per heavy atom. The fourth-order valence-electron chi connectivity index (χ4n) is 3.42. The molecule has 0 saturated heterocycles. The first-order valence-electron chi connectivity index (χ1n) is 5.66. The molecular weight excluding hydrogens is 218 g/mol. The highest BCUT2D eigenvalue weighted by atomic mass is 16.1. The van der Waals surface area contributed by atoms with Crippen LogP contribution in [0.1, 0.15) is 40.0 Å². The molecule has 17 heavy (non-hydrogen) atoms. The lowest BCUT2D eigenvalue weighted by molar-refractivity contribution is 0.0464. The van der Waals surface area contributed by atoms with Gasteiger partial charge in [-0.1, -0.05) is 20.8 Å². The summed E-state index contributed by atoms with van der Waals surface area (Å²) < 4.78 is 0. The highest BCUT2D eigenvalue weighted by Crippen LogP contribution is 2.49. The molecule has 5 heteroatoms. The van der Waals surface area contributed by atoms with E-state index in [0.717, 1.165) is 6.42 Å². The van der Waals surface area contributed by atoms with Gasteiger partial charge in [0.05, 0.1) is 6.54 Å². The van der Waals surface area contributed by atoms with E-state index in [9.17, 15) is 9.59 Å². The van der Waals surface area contributed by atoms with E-state index in [1.165, 1.54) is 0 Å². The van der Waals surface area contributed by atoms with Crippen molar-refractivity contribution in [3.05, 3.63) is 0 Å².